The molecule has 0 aliphatic carbocycles. The standard InChI is InChI=1S/C19H21NO2/c1-22-16-12-10-15(11-13-16)18-17(19(21)20-18)9-5-8-14-6-3-2-4-7-14/h2-4,6-7,10-13,17-18H,5,8-9H2,1H3,(H,20,21)/t17-,18-/m1/s1. The van der Waals surface area contributed by atoms with Crippen LogP contribution in [0.15, 0.2) is 54.6 Å². The number of hydrogen-bond donors (Lipinski definition) is 1. The van der Waals surface area contributed by atoms with Gasteiger partial charge >= 0.3 is 0 Å². The Balaban J connectivity index is 1.56. The summed E-state index contributed by atoms with van der Waals surface area (Å²) in [5.41, 5.74) is 2.49. The average Bonchev–Trinajstić information content (AvgIpc) is 2.57. The molecule has 3 rings (SSSR count). The van der Waals surface area contributed by atoms with Crippen LogP contribution in [0, 0.1) is 5.92 Å². The number of β-lactam (4-membered cyclic amide) rings is 1. The zero-order chi connectivity index (χ0) is 15.4. The minimum absolute atomic E-state index is 0.0945. The molecule has 1 aliphatic heterocycles. The highest BCUT2D eigenvalue weighted by Crippen LogP contribution is 2.34. The van der Waals surface area contributed by atoms with Gasteiger partial charge in [0.15, 0.2) is 0 Å². The number of carbonyl (C=O) groups excluding carboxylic acids is 1. The van der Waals surface area contributed by atoms with Crippen LogP contribution in [0.5, 0.6) is 5.75 Å². The fourth-order valence-electron chi connectivity index (χ4n) is 3.01. The molecule has 2 aromatic rings. The summed E-state index contributed by atoms with van der Waals surface area (Å²) in [5, 5.41) is 3.02. The van der Waals surface area contributed by atoms with E-state index < -0.39 is 0 Å². The molecular weight excluding hydrogens is 274 g/mol. The van der Waals surface area contributed by atoms with Crippen LogP contribution in [0.4, 0.5) is 0 Å². The van der Waals surface area contributed by atoms with Crippen molar-refractivity contribution in [1.82, 2.24) is 5.32 Å². The van der Waals surface area contributed by atoms with Crippen molar-refractivity contribution in [3.05, 3.63) is 65.7 Å². The van der Waals surface area contributed by atoms with Crippen LogP contribution in [0.3, 0.4) is 0 Å². The van der Waals surface area contributed by atoms with Gasteiger partial charge in [-0.05, 0) is 42.5 Å². The van der Waals surface area contributed by atoms with Crippen LogP contribution in [-0.2, 0) is 11.2 Å². The second kappa shape index (κ2) is 6.65. The molecule has 1 aliphatic rings. The summed E-state index contributed by atoms with van der Waals surface area (Å²) in [7, 11) is 1.66. The predicted molar refractivity (Wildman–Crippen MR) is 86.7 cm³/mol. The summed E-state index contributed by atoms with van der Waals surface area (Å²) in [5.74, 6) is 1.11. The van der Waals surface area contributed by atoms with Crippen LogP contribution in [0.25, 0.3) is 0 Å². The Morgan fingerprint density at radius 1 is 1.05 bits per heavy atom. The lowest BCUT2D eigenvalue weighted by atomic mass is 9.81. The molecule has 0 spiro atoms. The summed E-state index contributed by atoms with van der Waals surface area (Å²) < 4.78 is 5.18. The monoisotopic (exact) mass is 295 g/mol. The van der Waals surface area contributed by atoms with Gasteiger partial charge in [0.05, 0.1) is 19.1 Å². The molecule has 114 valence electrons. The second-order valence-electron chi connectivity index (χ2n) is 5.74. The van der Waals surface area contributed by atoms with Crippen molar-refractivity contribution < 1.29 is 9.53 Å². The van der Waals surface area contributed by atoms with Gasteiger partial charge in [0.2, 0.25) is 5.91 Å². The first kappa shape index (κ1) is 14.6. The van der Waals surface area contributed by atoms with Crippen molar-refractivity contribution in [1.29, 1.82) is 0 Å². The zero-order valence-corrected chi connectivity index (χ0v) is 12.8. The maximum absolute atomic E-state index is 11.8. The van der Waals surface area contributed by atoms with Crippen LogP contribution >= 0.6 is 0 Å². The number of hydrogen-bond acceptors (Lipinski definition) is 2. The third-order valence-corrected chi connectivity index (χ3v) is 4.34. The van der Waals surface area contributed by atoms with Gasteiger partial charge in [-0.1, -0.05) is 42.5 Å². The summed E-state index contributed by atoms with van der Waals surface area (Å²) in [4.78, 5) is 11.8. The first-order valence-electron chi connectivity index (χ1n) is 7.76. The van der Waals surface area contributed by atoms with Gasteiger partial charge in [-0.25, -0.2) is 0 Å². The van der Waals surface area contributed by atoms with E-state index >= 15 is 0 Å². The summed E-state index contributed by atoms with van der Waals surface area (Å²) >= 11 is 0. The molecule has 0 unspecified atom stereocenters. The maximum Gasteiger partial charge on any atom is 0.226 e. The highest BCUT2D eigenvalue weighted by atomic mass is 16.5. The predicted octanol–water partition coefficient (Wildman–Crippen LogP) is 3.51. The lowest BCUT2D eigenvalue weighted by Crippen LogP contribution is -2.51. The molecule has 1 saturated heterocycles. The minimum atomic E-state index is 0.0945. The van der Waals surface area contributed by atoms with Gasteiger partial charge in [-0.2, -0.15) is 0 Å². The van der Waals surface area contributed by atoms with Gasteiger partial charge < -0.3 is 10.1 Å². The summed E-state index contributed by atoms with van der Waals surface area (Å²) in [6, 6.07) is 18.5. The van der Waals surface area contributed by atoms with Gasteiger partial charge in [0, 0.05) is 0 Å². The molecular formula is C19H21NO2. The lowest BCUT2D eigenvalue weighted by Gasteiger charge is -2.37. The molecule has 22 heavy (non-hydrogen) atoms. The summed E-state index contributed by atoms with van der Waals surface area (Å²) in [6.07, 6.45) is 2.99. The Hall–Kier alpha value is -2.29. The van der Waals surface area contributed by atoms with E-state index in [0.29, 0.717) is 0 Å². The fourth-order valence-corrected chi connectivity index (χ4v) is 3.01. The third kappa shape index (κ3) is 3.14. The SMILES string of the molecule is COc1ccc([C@H]2NC(=O)[C@@H]2CCCc2ccccc2)cc1. The van der Waals surface area contributed by atoms with E-state index in [1.54, 1.807) is 7.11 Å². The third-order valence-electron chi connectivity index (χ3n) is 4.34. The number of rotatable bonds is 6. The molecule has 1 heterocycles. The Morgan fingerprint density at radius 2 is 1.77 bits per heavy atom. The Kier molecular flexibility index (Phi) is 4.42. The molecule has 2 aromatic carbocycles. The fraction of sp³-hybridized carbons (Fsp3) is 0.316. The van der Waals surface area contributed by atoms with E-state index in [-0.39, 0.29) is 17.9 Å². The van der Waals surface area contributed by atoms with E-state index in [2.05, 4.69) is 29.6 Å². The largest absolute Gasteiger partial charge is 0.497 e. The number of nitrogens with one attached hydrogen (secondary N) is 1. The number of benzene rings is 2. The molecule has 3 nitrogen and oxygen atoms in total. The quantitative estimate of drug-likeness (QED) is 0.828. The highest BCUT2D eigenvalue weighted by Gasteiger charge is 2.39. The van der Waals surface area contributed by atoms with E-state index in [1.807, 2.05) is 30.3 Å². The molecule has 0 bridgehead atoms. The Morgan fingerprint density at radius 3 is 2.41 bits per heavy atom. The van der Waals surface area contributed by atoms with Crippen LogP contribution in [0.1, 0.15) is 30.0 Å². The molecule has 0 aromatic heterocycles. The molecule has 1 fully saturated rings. The van der Waals surface area contributed by atoms with Gasteiger partial charge in [0.25, 0.3) is 0 Å². The number of aryl methyl sites for hydroxylation is 1. The van der Waals surface area contributed by atoms with Crippen molar-refractivity contribution >= 4 is 5.91 Å². The molecule has 3 heteroatoms. The van der Waals surface area contributed by atoms with Crippen molar-refractivity contribution in [3.63, 3.8) is 0 Å². The smallest absolute Gasteiger partial charge is 0.226 e. The first-order chi connectivity index (χ1) is 10.8. The van der Waals surface area contributed by atoms with E-state index in [9.17, 15) is 4.79 Å². The van der Waals surface area contributed by atoms with Crippen molar-refractivity contribution in [2.24, 2.45) is 5.92 Å². The normalized spacial score (nSPS) is 20.1. The van der Waals surface area contributed by atoms with E-state index in [4.69, 9.17) is 4.74 Å². The molecule has 1 N–H and O–H groups in total. The van der Waals surface area contributed by atoms with Crippen molar-refractivity contribution in [2.75, 3.05) is 7.11 Å². The van der Waals surface area contributed by atoms with Gasteiger partial charge in [-0.15, -0.1) is 0 Å². The lowest BCUT2D eigenvalue weighted by molar-refractivity contribution is -0.135. The van der Waals surface area contributed by atoms with Gasteiger partial charge in [0.1, 0.15) is 5.75 Å². The average molecular weight is 295 g/mol. The van der Waals surface area contributed by atoms with Crippen LogP contribution < -0.4 is 10.1 Å². The Bertz CT molecular complexity index is 622. The van der Waals surface area contributed by atoms with Crippen LogP contribution in [-0.4, -0.2) is 13.0 Å². The number of ether oxygens (including phenoxy) is 1. The molecule has 0 saturated carbocycles. The van der Waals surface area contributed by atoms with Crippen molar-refractivity contribution in [2.45, 2.75) is 25.3 Å². The van der Waals surface area contributed by atoms with Crippen molar-refractivity contribution in [3.8, 4) is 5.75 Å². The second-order valence-corrected chi connectivity index (χ2v) is 5.74. The van der Waals surface area contributed by atoms with Crippen LogP contribution in [0.2, 0.25) is 0 Å². The van der Waals surface area contributed by atoms with E-state index in [0.717, 1.165) is 30.6 Å². The maximum atomic E-state index is 11.8. The topological polar surface area (TPSA) is 38.3 Å². The zero-order valence-electron chi connectivity index (χ0n) is 12.8. The minimum Gasteiger partial charge on any atom is -0.497 e. The van der Waals surface area contributed by atoms with Gasteiger partial charge in [-0.3, -0.25) is 4.79 Å². The molecule has 1 amide bonds. The summed E-state index contributed by atoms with van der Waals surface area (Å²) in [6.45, 7) is 0. The number of amides is 1. The Labute approximate surface area is 131 Å². The highest BCUT2D eigenvalue weighted by molar-refractivity contribution is 5.86. The first-order valence-corrected chi connectivity index (χ1v) is 7.76. The molecule has 2 atom stereocenters. The number of methoxy groups -OCH3 is 1. The number of carbonyl (C=O) groups is 1. The van der Waals surface area contributed by atoms with E-state index in [1.165, 1.54) is 5.56 Å². The molecule has 0 radical (unpaired) electrons.